The van der Waals surface area contributed by atoms with Crippen LogP contribution in [0.5, 0.6) is 0 Å². The van der Waals surface area contributed by atoms with Gasteiger partial charge in [-0.15, -0.1) is 0 Å². The number of rotatable bonds is 6. The molecule has 1 aliphatic heterocycles. The summed E-state index contributed by atoms with van der Waals surface area (Å²) in [6.07, 6.45) is -1.75. The Kier molecular flexibility index (Phi) is 7.34. The summed E-state index contributed by atoms with van der Waals surface area (Å²) in [6, 6.07) is 8.60. The fourth-order valence-corrected chi connectivity index (χ4v) is 5.52. The molecule has 3 atom stereocenters. The second-order valence-corrected chi connectivity index (χ2v) is 9.96. The van der Waals surface area contributed by atoms with Crippen molar-refractivity contribution in [3.8, 4) is 0 Å². The van der Waals surface area contributed by atoms with E-state index in [0.29, 0.717) is 0 Å². The number of halogens is 2. The molecular weight excluding hydrogens is 461 g/mol. The minimum Gasteiger partial charge on any atom is -0.451 e. The Morgan fingerprint density at radius 2 is 1.66 bits per heavy atom. The van der Waals surface area contributed by atoms with Gasteiger partial charge in [0.1, 0.15) is 10.7 Å². The lowest BCUT2D eigenvalue weighted by Crippen LogP contribution is -2.48. The van der Waals surface area contributed by atoms with Crippen molar-refractivity contribution in [1.29, 1.82) is 0 Å². The molecule has 32 heavy (non-hydrogen) atoms. The van der Waals surface area contributed by atoms with E-state index in [0.717, 1.165) is 18.2 Å². The first-order valence-corrected chi connectivity index (χ1v) is 11.8. The summed E-state index contributed by atoms with van der Waals surface area (Å²) < 4.78 is 51.5. The van der Waals surface area contributed by atoms with Crippen molar-refractivity contribution in [2.24, 2.45) is 0 Å². The number of morpholine rings is 1. The van der Waals surface area contributed by atoms with Crippen molar-refractivity contribution in [2.45, 2.75) is 44.0 Å². The van der Waals surface area contributed by atoms with E-state index >= 15 is 0 Å². The number of esters is 1. The van der Waals surface area contributed by atoms with Gasteiger partial charge in [-0.1, -0.05) is 11.6 Å². The summed E-state index contributed by atoms with van der Waals surface area (Å²) in [5.74, 6) is -1.90. The van der Waals surface area contributed by atoms with Crippen molar-refractivity contribution in [2.75, 3.05) is 13.1 Å². The largest absolute Gasteiger partial charge is 0.451 e. The molecule has 3 rings (SSSR count). The summed E-state index contributed by atoms with van der Waals surface area (Å²) in [5, 5.41) is -0.0382. The first-order chi connectivity index (χ1) is 15.0. The summed E-state index contributed by atoms with van der Waals surface area (Å²) in [7, 11) is -4.00. The second kappa shape index (κ2) is 9.66. The maximum Gasteiger partial charge on any atom is 0.338 e. The number of hydrogen-bond acceptors (Lipinski definition) is 6. The van der Waals surface area contributed by atoms with Crippen LogP contribution in [0, 0.1) is 5.82 Å². The summed E-state index contributed by atoms with van der Waals surface area (Å²) >= 11 is 6.15. The van der Waals surface area contributed by atoms with Crippen LogP contribution in [0.15, 0.2) is 47.4 Å². The van der Waals surface area contributed by atoms with E-state index in [9.17, 15) is 22.4 Å². The highest BCUT2D eigenvalue weighted by atomic mass is 35.5. The number of ketones is 1. The fraction of sp³-hybridized carbons (Fsp3) is 0.364. The lowest BCUT2D eigenvalue weighted by Gasteiger charge is -2.34. The molecule has 1 aliphatic rings. The van der Waals surface area contributed by atoms with Crippen molar-refractivity contribution >= 4 is 33.4 Å². The van der Waals surface area contributed by atoms with Gasteiger partial charge in [-0.25, -0.2) is 17.6 Å². The highest BCUT2D eigenvalue weighted by molar-refractivity contribution is 7.89. The molecule has 1 saturated heterocycles. The van der Waals surface area contributed by atoms with Crippen LogP contribution in [-0.2, 0) is 19.5 Å². The van der Waals surface area contributed by atoms with Crippen molar-refractivity contribution in [3.05, 3.63) is 64.4 Å². The predicted molar refractivity (Wildman–Crippen MR) is 116 cm³/mol. The number of carbonyl (C=O) groups excluding carboxylic acids is 2. The van der Waals surface area contributed by atoms with Crippen molar-refractivity contribution < 1.29 is 31.9 Å². The number of benzene rings is 2. The number of ether oxygens (including phenoxy) is 2. The topological polar surface area (TPSA) is 90.0 Å². The quantitative estimate of drug-likeness (QED) is 0.459. The third-order valence-electron chi connectivity index (χ3n) is 4.95. The van der Waals surface area contributed by atoms with Crippen LogP contribution in [0.25, 0.3) is 0 Å². The number of sulfonamides is 1. The van der Waals surface area contributed by atoms with Gasteiger partial charge in [0.05, 0.1) is 22.8 Å². The number of nitrogens with zero attached hydrogens (tertiary/aromatic N) is 1. The highest BCUT2D eigenvalue weighted by Gasteiger charge is 2.34. The Bertz CT molecular complexity index is 1110. The minimum atomic E-state index is -4.00. The van der Waals surface area contributed by atoms with Gasteiger partial charge in [0.15, 0.2) is 6.10 Å². The molecule has 0 radical (unpaired) electrons. The molecule has 10 heteroatoms. The molecular formula is C22H23ClFNO6S. The first kappa shape index (κ1) is 24.3. The lowest BCUT2D eigenvalue weighted by atomic mass is 10.1. The molecule has 2 aromatic carbocycles. The summed E-state index contributed by atoms with van der Waals surface area (Å²) in [6.45, 7) is 5.23. The molecule has 1 heterocycles. The van der Waals surface area contributed by atoms with Gasteiger partial charge < -0.3 is 9.47 Å². The monoisotopic (exact) mass is 483 g/mol. The number of Topliss-reactive ketones (excluding diaryl/α,β-unsaturated/α-hetero) is 1. The van der Waals surface area contributed by atoms with E-state index in [4.69, 9.17) is 21.1 Å². The molecule has 1 fully saturated rings. The van der Waals surface area contributed by atoms with Gasteiger partial charge in [0.2, 0.25) is 15.8 Å². The SMILES string of the molecule is C[C@@H]1CN(S(=O)(=O)c2cc(C(=O)O[C@@H](C)C(=O)c3ccc(F)cc3)ccc2Cl)C[C@H](C)O1. The average Bonchev–Trinajstić information content (AvgIpc) is 2.73. The zero-order valence-electron chi connectivity index (χ0n) is 17.7. The van der Waals surface area contributed by atoms with Gasteiger partial charge in [0.25, 0.3) is 0 Å². The number of hydrogen-bond donors (Lipinski definition) is 0. The van der Waals surface area contributed by atoms with Gasteiger partial charge >= 0.3 is 5.97 Å². The minimum absolute atomic E-state index is 0.0382. The maximum atomic E-state index is 13.2. The average molecular weight is 484 g/mol. The van der Waals surface area contributed by atoms with Crippen molar-refractivity contribution in [3.63, 3.8) is 0 Å². The van der Waals surface area contributed by atoms with Crippen molar-refractivity contribution in [1.82, 2.24) is 4.31 Å². The van der Waals surface area contributed by atoms with E-state index in [1.54, 1.807) is 13.8 Å². The Labute approximate surface area is 191 Å². The van der Waals surface area contributed by atoms with Crippen LogP contribution >= 0.6 is 11.6 Å². The standard InChI is InChI=1S/C22H23ClFNO6S/c1-13-11-25(12-14(2)30-13)32(28,29)20-10-17(6-9-19(20)23)22(27)31-15(3)21(26)16-4-7-18(24)8-5-16/h4-10,13-15H,11-12H2,1-3H3/t13-,14+,15-/m0/s1. The molecule has 0 aromatic heterocycles. The van der Waals surface area contributed by atoms with E-state index < -0.39 is 33.7 Å². The normalized spacial score (nSPS) is 20.5. The zero-order valence-corrected chi connectivity index (χ0v) is 19.3. The molecule has 7 nitrogen and oxygen atoms in total. The second-order valence-electron chi connectivity index (χ2n) is 7.64. The molecule has 0 N–H and O–H groups in total. The molecule has 172 valence electrons. The number of carbonyl (C=O) groups is 2. The Hall–Kier alpha value is -2.33. The lowest BCUT2D eigenvalue weighted by molar-refractivity contribution is -0.0440. The molecule has 2 aromatic rings. The molecule has 0 spiro atoms. The summed E-state index contributed by atoms with van der Waals surface area (Å²) in [4.78, 5) is 24.8. The van der Waals surface area contributed by atoms with E-state index in [2.05, 4.69) is 0 Å². The van der Waals surface area contributed by atoms with E-state index in [1.165, 1.54) is 35.5 Å². The molecule has 0 saturated carbocycles. The van der Waals surface area contributed by atoms with Gasteiger partial charge in [-0.3, -0.25) is 4.79 Å². The maximum absolute atomic E-state index is 13.2. The molecule has 0 bridgehead atoms. The Morgan fingerprint density at radius 3 is 2.25 bits per heavy atom. The van der Waals surface area contributed by atoms with Gasteiger partial charge in [-0.05, 0) is 63.2 Å². The van der Waals surface area contributed by atoms with E-state index in [1.807, 2.05) is 0 Å². The van der Waals surface area contributed by atoms with Crippen LogP contribution in [0.4, 0.5) is 4.39 Å². The van der Waals surface area contributed by atoms with E-state index in [-0.39, 0.29) is 46.3 Å². The Balaban J connectivity index is 1.80. The third-order valence-corrected chi connectivity index (χ3v) is 7.27. The molecule has 0 aliphatic carbocycles. The predicted octanol–water partition coefficient (Wildman–Crippen LogP) is 3.71. The van der Waals surface area contributed by atoms with Crippen LogP contribution in [0.1, 0.15) is 41.5 Å². The van der Waals surface area contributed by atoms with Gasteiger partial charge in [0, 0.05) is 18.7 Å². The molecule has 0 amide bonds. The van der Waals surface area contributed by atoms with Crippen LogP contribution in [0.2, 0.25) is 5.02 Å². The van der Waals surface area contributed by atoms with Crippen LogP contribution in [-0.4, -0.2) is 55.9 Å². The first-order valence-electron chi connectivity index (χ1n) is 9.95. The smallest absolute Gasteiger partial charge is 0.338 e. The third kappa shape index (κ3) is 5.35. The zero-order chi connectivity index (χ0) is 23.6. The van der Waals surface area contributed by atoms with Crippen LogP contribution < -0.4 is 0 Å². The molecule has 0 unspecified atom stereocenters. The summed E-state index contributed by atoms with van der Waals surface area (Å²) in [5.41, 5.74) is 0.114. The Morgan fingerprint density at radius 1 is 1.09 bits per heavy atom. The van der Waals surface area contributed by atoms with Gasteiger partial charge in [-0.2, -0.15) is 4.31 Å². The fourth-order valence-electron chi connectivity index (χ4n) is 3.43. The highest BCUT2D eigenvalue weighted by Crippen LogP contribution is 2.28. The van der Waals surface area contributed by atoms with Crippen LogP contribution in [0.3, 0.4) is 0 Å².